The van der Waals surface area contributed by atoms with Gasteiger partial charge in [-0.1, -0.05) is 37.3 Å². The number of rotatable bonds is 6. The van der Waals surface area contributed by atoms with Gasteiger partial charge in [0.05, 0.1) is 13.2 Å². The van der Waals surface area contributed by atoms with Crippen LogP contribution in [0.4, 0.5) is 4.79 Å². The summed E-state index contributed by atoms with van der Waals surface area (Å²) in [5.74, 6) is 1.19. The lowest BCUT2D eigenvalue weighted by Crippen LogP contribution is -2.47. The van der Waals surface area contributed by atoms with Crippen LogP contribution in [0.25, 0.3) is 0 Å². The predicted octanol–water partition coefficient (Wildman–Crippen LogP) is 2.93. The van der Waals surface area contributed by atoms with Crippen LogP contribution in [-0.2, 0) is 4.74 Å². The van der Waals surface area contributed by atoms with Gasteiger partial charge in [0.25, 0.3) is 0 Å². The summed E-state index contributed by atoms with van der Waals surface area (Å²) in [5.41, 5.74) is 1.34. The van der Waals surface area contributed by atoms with Crippen molar-refractivity contribution in [2.45, 2.75) is 32.1 Å². The van der Waals surface area contributed by atoms with Crippen molar-refractivity contribution in [3.05, 3.63) is 35.9 Å². The highest BCUT2D eigenvalue weighted by Crippen LogP contribution is 2.20. The molecule has 2 fully saturated rings. The van der Waals surface area contributed by atoms with E-state index in [0.717, 1.165) is 77.7 Å². The van der Waals surface area contributed by atoms with Gasteiger partial charge in [-0.2, -0.15) is 0 Å². The summed E-state index contributed by atoms with van der Waals surface area (Å²) < 4.78 is 5.42. The number of benzene rings is 1. The first kappa shape index (κ1) is 19.2. The molecule has 2 aliphatic heterocycles. The molecule has 0 aromatic heterocycles. The lowest BCUT2D eigenvalue weighted by atomic mass is 9.96. The number of ether oxygens (including phenoxy) is 1. The molecule has 144 valence electrons. The molecule has 0 saturated carbocycles. The lowest BCUT2D eigenvalue weighted by molar-refractivity contribution is 0.0258. The number of nitrogens with one attached hydrogen (secondary N) is 1. The summed E-state index contributed by atoms with van der Waals surface area (Å²) >= 11 is 0. The van der Waals surface area contributed by atoms with Gasteiger partial charge >= 0.3 is 6.03 Å². The molecule has 5 nitrogen and oxygen atoms in total. The van der Waals surface area contributed by atoms with E-state index >= 15 is 0 Å². The van der Waals surface area contributed by atoms with Crippen molar-refractivity contribution in [2.75, 3.05) is 52.5 Å². The Morgan fingerprint density at radius 3 is 2.54 bits per heavy atom. The molecular weight excluding hydrogens is 326 g/mol. The highest BCUT2D eigenvalue weighted by atomic mass is 16.5. The summed E-state index contributed by atoms with van der Waals surface area (Å²) in [5, 5.41) is 3.11. The van der Waals surface area contributed by atoms with Gasteiger partial charge in [-0.15, -0.1) is 0 Å². The van der Waals surface area contributed by atoms with E-state index in [1.165, 1.54) is 5.56 Å². The number of urea groups is 1. The summed E-state index contributed by atoms with van der Waals surface area (Å²) in [4.78, 5) is 16.9. The number of hydrogen-bond acceptors (Lipinski definition) is 3. The van der Waals surface area contributed by atoms with E-state index in [2.05, 4.69) is 41.4 Å². The first-order valence-electron chi connectivity index (χ1n) is 10.1. The minimum Gasteiger partial charge on any atom is -0.379 e. The second kappa shape index (κ2) is 9.93. The zero-order valence-corrected chi connectivity index (χ0v) is 16.0. The van der Waals surface area contributed by atoms with Crippen molar-refractivity contribution in [2.24, 2.45) is 5.92 Å². The molecule has 0 unspecified atom stereocenters. The fourth-order valence-corrected chi connectivity index (χ4v) is 3.92. The fraction of sp³-hybridized carbons (Fsp3) is 0.667. The molecule has 0 bridgehead atoms. The molecule has 5 heteroatoms. The van der Waals surface area contributed by atoms with Gasteiger partial charge in [0, 0.05) is 39.3 Å². The maximum atomic E-state index is 12.4. The van der Waals surface area contributed by atoms with Crippen LogP contribution in [0.1, 0.15) is 37.7 Å². The number of nitrogens with zero attached hydrogens (tertiary/aromatic N) is 2. The van der Waals surface area contributed by atoms with Crippen LogP contribution in [-0.4, -0.2) is 68.3 Å². The van der Waals surface area contributed by atoms with Gasteiger partial charge in [0.1, 0.15) is 0 Å². The van der Waals surface area contributed by atoms with Crippen molar-refractivity contribution in [3.8, 4) is 0 Å². The first-order chi connectivity index (χ1) is 12.7. The van der Waals surface area contributed by atoms with Gasteiger partial charge in [-0.25, -0.2) is 4.79 Å². The molecule has 3 rings (SSSR count). The van der Waals surface area contributed by atoms with Gasteiger partial charge in [-0.3, -0.25) is 4.90 Å². The Hall–Kier alpha value is -1.59. The number of amides is 2. The number of likely N-dealkylation sites (tertiary alicyclic amines) is 1. The SMILES string of the molecule is C[C@@H](CCNC(=O)N1CCC(CN2CCOCC2)CC1)c1ccccc1. The van der Waals surface area contributed by atoms with Crippen molar-refractivity contribution < 1.29 is 9.53 Å². The molecule has 1 aromatic rings. The Balaban J connectivity index is 1.32. The highest BCUT2D eigenvalue weighted by molar-refractivity contribution is 5.74. The Kier molecular flexibility index (Phi) is 7.32. The van der Waals surface area contributed by atoms with Crippen LogP contribution in [0.3, 0.4) is 0 Å². The maximum absolute atomic E-state index is 12.4. The third-order valence-electron chi connectivity index (χ3n) is 5.74. The monoisotopic (exact) mass is 359 g/mol. The minimum atomic E-state index is 0.107. The van der Waals surface area contributed by atoms with Crippen molar-refractivity contribution in [3.63, 3.8) is 0 Å². The van der Waals surface area contributed by atoms with Crippen LogP contribution in [0.15, 0.2) is 30.3 Å². The molecule has 2 aliphatic rings. The summed E-state index contributed by atoms with van der Waals surface area (Å²) in [6.45, 7) is 9.73. The third-order valence-corrected chi connectivity index (χ3v) is 5.74. The molecule has 26 heavy (non-hydrogen) atoms. The molecule has 0 aliphatic carbocycles. The van der Waals surface area contributed by atoms with Gasteiger partial charge in [0.2, 0.25) is 0 Å². The van der Waals surface area contributed by atoms with Crippen molar-refractivity contribution in [1.82, 2.24) is 15.1 Å². The van der Waals surface area contributed by atoms with E-state index in [1.54, 1.807) is 0 Å². The Morgan fingerprint density at radius 2 is 1.85 bits per heavy atom. The minimum absolute atomic E-state index is 0.107. The Labute approximate surface area is 157 Å². The highest BCUT2D eigenvalue weighted by Gasteiger charge is 2.24. The normalized spacial score (nSPS) is 20.7. The molecule has 2 amide bonds. The van der Waals surface area contributed by atoms with E-state index in [9.17, 15) is 4.79 Å². The first-order valence-corrected chi connectivity index (χ1v) is 10.1. The second-order valence-corrected chi connectivity index (χ2v) is 7.68. The second-order valence-electron chi connectivity index (χ2n) is 7.68. The molecule has 1 atom stereocenters. The zero-order chi connectivity index (χ0) is 18.2. The van der Waals surface area contributed by atoms with Gasteiger partial charge < -0.3 is 15.0 Å². The molecule has 0 radical (unpaired) electrons. The molecular formula is C21H33N3O2. The standard InChI is InChI=1S/C21H33N3O2/c1-18(20-5-3-2-4-6-20)7-10-22-21(25)24-11-8-19(9-12-24)17-23-13-15-26-16-14-23/h2-6,18-19H,7-17H2,1H3,(H,22,25)/t18-/m0/s1. The maximum Gasteiger partial charge on any atom is 0.317 e. The molecule has 2 heterocycles. The third kappa shape index (κ3) is 5.71. The predicted molar refractivity (Wildman–Crippen MR) is 104 cm³/mol. The Bertz CT molecular complexity index is 537. The van der Waals surface area contributed by atoms with Crippen LogP contribution < -0.4 is 5.32 Å². The van der Waals surface area contributed by atoms with Crippen LogP contribution >= 0.6 is 0 Å². The van der Waals surface area contributed by atoms with Crippen molar-refractivity contribution >= 4 is 6.03 Å². The van der Waals surface area contributed by atoms with E-state index in [4.69, 9.17) is 4.74 Å². The van der Waals surface area contributed by atoms with Gasteiger partial charge in [-0.05, 0) is 36.7 Å². The molecule has 2 saturated heterocycles. The van der Waals surface area contributed by atoms with Crippen LogP contribution in [0.2, 0.25) is 0 Å². The topological polar surface area (TPSA) is 44.8 Å². The lowest BCUT2D eigenvalue weighted by Gasteiger charge is -2.36. The largest absolute Gasteiger partial charge is 0.379 e. The van der Waals surface area contributed by atoms with E-state index in [1.807, 2.05) is 11.0 Å². The van der Waals surface area contributed by atoms with Crippen molar-refractivity contribution in [1.29, 1.82) is 0 Å². The van der Waals surface area contributed by atoms with Gasteiger partial charge in [0.15, 0.2) is 0 Å². The zero-order valence-electron chi connectivity index (χ0n) is 16.0. The van der Waals surface area contributed by atoms with Crippen LogP contribution in [0.5, 0.6) is 0 Å². The number of morpholine rings is 1. The van der Waals surface area contributed by atoms with Crippen LogP contribution in [0, 0.1) is 5.92 Å². The number of piperidine rings is 1. The Morgan fingerprint density at radius 1 is 1.15 bits per heavy atom. The van der Waals surface area contributed by atoms with E-state index in [0.29, 0.717) is 5.92 Å². The average Bonchev–Trinajstić information content (AvgIpc) is 2.70. The smallest absolute Gasteiger partial charge is 0.317 e. The summed E-state index contributed by atoms with van der Waals surface area (Å²) in [6.07, 6.45) is 3.21. The summed E-state index contributed by atoms with van der Waals surface area (Å²) in [7, 11) is 0. The number of carbonyl (C=O) groups excluding carboxylic acids is 1. The van der Waals surface area contributed by atoms with E-state index in [-0.39, 0.29) is 6.03 Å². The quantitative estimate of drug-likeness (QED) is 0.849. The molecule has 1 N–H and O–H groups in total. The molecule has 0 spiro atoms. The fourth-order valence-electron chi connectivity index (χ4n) is 3.92. The average molecular weight is 360 g/mol. The number of hydrogen-bond donors (Lipinski definition) is 1. The summed E-state index contributed by atoms with van der Waals surface area (Å²) in [6, 6.07) is 10.6. The molecule has 1 aromatic carbocycles. The number of carbonyl (C=O) groups is 1. The van der Waals surface area contributed by atoms with E-state index < -0.39 is 0 Å².